The molecule has 1 unspecified atom stereocenters. The minimum Gasteiger partial charge on any atom is -0.493 e. The fourth-order valence-electron chi connectivity index (χ4n) is 2.87. The van der Waals surface area contributed by atoms with Crippen molar-refractivity contribution in [3.63, 3.8) is 0 Å². The van der Waals surface area contributed by atoms with Crippen molar-refractivity contribution in [3.8, 4) is 11.5 Å². The van der Waals surface area contributed by atoms with E-state index in [1.54, 1.807) is 26.0 Å². The van der Waals surface area contributed by atoms with Crippen LogP contribution in [-0.4, -0.2) is 49.0 Å². The maximum absolute atomic E-state index is 12.3. The van der Waals surface area contributed by atoms with Crippen LogP contribution >= 0.6 is 11.8 Å². The first-order valence-corrected chi connectivity index (χ1v) is 9.21. The summed E-state index contributed by atoms with van der Waals surface area (Å²) >= 11 is 1.62. The van der Waals surface area contributed by atoms with E-state index < -0.39 is 0 Å². The van der Waals surface area contributed by atoms with Crippen LogP contribution in [0.4, 0.5) is 0 Å². The van der Waals surface area contributed by atoms with Gasteiger partial charge in [0.1, 0.15) is 5.37 Å². The van der Waals surface area contributed by atoms with E-state index in [1.807, 2.05) is 36.9 Å². The molecule has 1 aromatic rings. The highest BCUT2D eigenvalue weighted by Gasteiger charge is 2.35. The molecule has 1 N–H and O–H groups in total. The Morgan fingerprint density at radius 2 is 2.08 bits per heavy atom. The minimum absolute atomic E-state index is 0.0558. The summed E-state index contributed by atoms with van der Waals surface area (Å²) in [6.45, 7) is 4.91. The Morgan fingerprint density at radius 3 is 2.71 bits per heavy atom. The molecule has 0 saturated carbocycles. The molecule has 0 aromatic heterocycles. The maximum Gasteiger partial charge on any atom is 0.233 e. The van der Waals surface area contributed by atoms with Gasteiger partial charge in [-0.05, 0) is 24.3 Å². The van der Waals surface area contributed by atoms with Gasteiger partial charge in [-0.2, -0.15) is 0 Å². The molecule has 1 aliphatic rings. The van der Waals surface area contributed by atoms with Crippen LogP contribution in [0.5, 0.6) is 11.5 Å². The molecule has 1 aromatic carbocycles. The number of amides is 1. The molecule has 1 saturated heterocycles. The Kier molecular flexibility index (Phi) is 6.40. The molecule has 0 aliphatic carbocycles. The van der Waals surface area contributed by atoms with Crippen LogP contribution in [-0.2, 0) is 4.79 Å². The molecular formula is C18H27NO4S. The predicted octanol–water partition coefficient (Wildman–Crippen LogP) is 3.08. The quantitative estimate of drug-likeness (QED) is 0.778. The van der Waals surface area contributed by atoms with Gasteiger partial charge >= 0.3 is 0 Å². The summed E-state index contributed by atoms with van der Waals surface area (Å²) in [7, 11) is 3.24. The molecule has 24 heavy (non-hydrogen) atoms. The Bertz CT molecular complexity index is 576. The van der Waals surface area contributed by atoms with Gasteiger partial charge in [0.05, 0.1) is 20.0 Å². The van der Waals surface area contributed by atoms with Crippen molar-refractivity contribution in [2.45, 2.75) is 32.1 Å². The predicted molar refractivity (Wildman–Crippen MR) is 96.6 cm³/mol. The lowest BCUT2D eigenvalue weighted by Crippen LogP contribution is -2.30. The second-order valence-corrected chi connectivity index (χ2v) is 7.83. The molecule has 1 fully saturated rings. The number of hydrogen-bond donors (Lipinski definition) is 1. The topological polar surface area (TPSA) is 59.0 Å². The third kappa shape index (κ3) is 4.16. The van der Waals surface area contributed by atoms with Crippen LogP contribution in [0.25, 0.3) is 0 Å². The number of methoxy groups -OCH3 is 2. The molecule has 134 valence electrons. The van der Waals surface area contributed by atoms with E-state index in [-0.39, 0.29) is 23.3 Å². The zero-order valence-corrected chi connectivity index (χ0v) is 15.7. The van der Waals surface area contributed by atoms with E-state index in [0.717, 1.165) is 18.4 Å². The number of carbonyl (C=O) groups is 1. The number of ether oxygens (including phenoxy) is 2. The number of rotatable bonds is 8. The van der Waals surface area contributed by atoms with Gasteiger partial charge in [-0.3, -0.25) is 4.79 Å². The van der Waals surface area contributed by atoms with Gasteiger partial charge in [0, 0.05) is 18.7 Å². The summed E-state index contributed by atoms with van der Waals surface area (Å²) in [5.41, 5.74) is 0.855. The van der Waals surface area contributed by atoms with Crippen LogP contribution in [0, 0.1) is 5.41 Å². The molecular weight excluding hydrogens is 326 g/mol. The highest BCUT2D eigenvalue weighted by molar-refractivity contribution is 8.00. The monoisotopic (exact) mass is 353 g/mol. The molecule has 0 bridgehead atoms. The number of carbonyl (C=O) groups excluding carboxylic acids is 1. The van der Waals surface area contributed by atoms with Crippen LogP contribution in [0.15, 0.2) is 18.2 Å². The van der Waals surface area contributed by atoms with Crippen LogP contribution in [0.1, 0.15) is 37.6 Å². The van der Waals surface area contributed by atoms with Gasteiger partial charge in [0.25, 0.3) is 0 Å². The SMILES string of the molecule is COc1cccc(C2SCC(=O)N2CCCC(C)(C)CO)c1OC. The Labute approximate surface area is 148 Å². The lowest BCUT2D eigenvalue weighted by atomic mass is 9.89. The molecule has 6 heteroatoms. The van der Waals surface area contributed by atoms with E-state index in [0.29, 0.717) is 23.8 Å². The standard InChI is InChI=1S/C18H27NO4S/c1-18(2,12-20)9-6-10-19-15(21)11-24-17(19)13-7-5-8-14(22-3)16(13)23-4/h5,7-8,17,20H,6,9-12H2,1-4H3. The highest BCUT2D eigenvalue weighted by atomic mass is 32.2. The Balaban J connectivity index is 2.16. The largest absolute Gasteiger partial charge is 0.493 e. The first-order valence-electron chi connectivity index (χ1n) is 8.16. The van der Waals surface area contributed by atoms with Crippen molar-refractivity contribution in [1.82, 2.24) is 4.90 Å². The number of benzene rings is 1. The average molecular weight is 353 g/mol. The second kappa shape index (κ2) is 8.12. The van der Waals surface area contributed by atoms with Crippen molar-refractivity contribution < 1.29 is 19.4 Å². The number of aliphatic hydroxyl groups is 1. The summed E-state index contributed by atoms with van der Waals surface area (Å²) < 4.78 is 10.9. The van der Waals surface area contributed by atoms with Gasteiger partial charge in [0.2, 0.25) is 5.91 Å². The van der Waals surface area contributed by atoms with E-state index >= 15 is 0 Å². The van der Waals surface area contributed by atoms with Gasteiger partial charge < -0.3 is 19.5 Å². The minimum atomic E-state index is -0.112. The van der Waals surface area contributed by atoms with E-state index in [4.69, 9.17) is 9.47 Å². The smallest absolute Gasteiger partial charge is 0.233 e. The average Bonchev–Trinajstić information content (AvgIpc) is 2.94. The van der Waals surface area contributed by atoms with Crippen molar-refractivity contribution in [1.29, 1.82) is 0 Å². The summed E-state index contributed by atoms with van der Waals surface area (Å²) in [5.74, 6) is 2.00. The molecule has 1 atom stereocenters. The van der Waals surface area contributed by atoms with Crippen LogP contribution in [0.2, 0.25) is 0 Å². The number of nitrogens with zero attached hydrogens (tertiary/aromatic N) is 1. The molecule has 0 radical (unpaired) electrons. The van der Waals surface area contributed by atoms with E-state index in [1.165, 1.54) is 0 Å². The van der Waals surface area contributed by atoms with Crippen molar-refractivity contribution >= 4 is 17.7 Å². The Hall–Kier alpha value is -1.40. The zero-order valence-electron chi connectivity index (χ0n) is 14.9. The van der Waals surface area contributed by atoms with Gasteiger partial charge in [0.15, 0.2) is 11.5 Å². The third-order valence-electron chi connectivity index (χ3n) is 4.35. The third-order valence-corrected chi connectivity index (χ3v) is 5.59. The molecule has 5 nitrogen and oxygen atoms in total. The van der Waals surface area contributed by atoms with Gasteiger partial charge in [-0.15, -0.1) is 11.8 Å². The van der Waals surface area contributed by atoms with Crippen molar-refractivity contribution in [2.75, 3.05) is 33.1 Å². The molecule has 1 amide bonds. The van der Waals surface area contributed by atoms with Crippen LogP contribution in [0.3, 0.4) is 0 Å². The normalized spacial score (nSPS) is 18.1. The summed E-state index contributed by atoms with van der Waals surface area (Å²) in [6.07, 6.45) is 1.74. The number of para-hydroxylation sites is 1. The van der Waals surface area contributed by atoms with Crippen molar-refractivity contribution in [2.24, 2.45) is 5.41 Å². The van der Waals surface area contributed by atoms with Gasteiger partial charge in [-0.1, -0.05) is 26.0 Å². The molecule has 1 aliphatic heterocycles. The molecule has 0 spiro atoms. The van der Waals surface area contributed by atoms with Crippen molar-refractivity contribution in [3.05, 3.63) is 23.8 Å². The second-order valence-electron chi connectivity index (χ2n) is 6.76. The first-order chi connectivity index (χ1) is 11.4. The molecule has 2 rings (SSSR count). The molecule has 1 heterocycles. The number of thioether (sulfide) groups is 1. The maximum atomic E-state index is 12.3. The summed E-state index contributed by atoms with van der Waals surface area (Å²) in [6, 6.07) is 5.77. The zero-order chi connectivity index (χ0) is 17.7. The van der Waals surface area contributed by atoms with E-state index in [2.05, 4.69) is 0 Å². The summed E-state index contributed by atoms with van der Waals surface area (Å²) in [5, 5.41) is 9.32. The van der Waals surface area contributed by atoms with Crippen LogP contribution < -0.4 is 9.47 Å². The number of aliphatic hydroxyl groups excluding tert-OH is 1. The fraction of sp³-hybridized carbons (Fsp3) is 0.611. The highest BCUT2D eigenvalue weighted by Crippen LogP contribution is 2.45. The lowest BCUT2D eigenvalue weighted by Gasteiger charge is -2.28. The lowest BCUT2D eigenvalue weighted by molar-refractivity contribution is -0.128. The van der Waals surface area contributed by atoms with Gasteiger partial charge in [-0.25, -0.2) is 0 Å². The summed E-state index contributed by atoms with van der Waals surface area (Å²) in [4.78, 5) is 14.2. The van der Waals surface area contributed by atoms with E-state index in [9.17, 15) is 9.90 Å². The first kappa shape index (κ1) is 18.9. The Morgan fingerprint density at radius 1 is 1.33 bits per heavy atom. The fourth-order valence-corrected chi connectivity index (χ4v) is 4.10. The number of hydrogen-bond acceptors (Lipinski definition) is 5.